The molecule has 3 heteroatoms. The lowest BCUT2D eigenvalue weighted by atomic mass is 9.88. The highest BCUT2D eigenvalue weighted by Gasteiger charge is 2.31. The SMILES string of the molecule is COC(=O)[C@H]1CCN(C[C@@H](c2ccccc2)C(C)C)C1. The van der Waals surface area contributed by atoms with Crippen LogP contribution in [-0.4, -0.2) is 37.6 Å². The molecule has 20 heavy (non-hydrogen) atoms. The van der Waals surface area contributed by atoms with Crippen molar-refractivity contribution in [1.29, 1.82) is 0 Å². The van der Waals surface area contributed by atoms with Gasteiger partial charge in [0.1, 0.15) is 0 Å². The van der Waals surface area contributed by atoms with E-state index in [2.05, 4.69) is 49.1 Å². The van der Waals surface area contributed by atoms with Crippen LogP contribution >= 0.6 is 0 Å². The summed E-state index contributed by atoms with van der Waals surface area (Å²) < 4.78 is 4.85. The maximum Gasteiger partial charge on any atom is 0.310 e. The van der Waals surface area contributed by atoms with Crippen molar-refractivity contribution in [3.63, 3.8) is 0 Å². The van der Waals surface area contributed by atoms with Gasteiger partial charge in [0, 0.05) is 13.1 Å². The number of ether oxygens (including phenoxy) is 1. The minimum atomic E-state index is -0.0618. The first-order valence-corrected chi connectivity index (χ1v) is 7.47. The van der Waals surface area contributed by atoms with Crippen molar-refractivity contribution in [1.82, 2.24) is 4.90 Å². The topological polar surface area (TPSA) is 29.5 Å². The number of benzene rings is 1. The van der Waals surface area contributed by atoms with Crippen LogP contribution in [0.2, 0.25) is 0 Å². The van der Waals surface area contributed by atoms with E-state index in [1.165, 1.54) is 12.7 Å². The maximum absolute atomic E-state index is 11.6. The zero-order valence-electron chi connectivity index (χ0n) is 12.7. The summed E-state index contributed by atoms with van der Waals surface area (Å²) in [6.45, 7) is 7.39. The molecular formula is C17H25NO2. The third kappa shape index (κ3) is 3.60. The standard InChI is InChI=1S/C17H25NO2/c1-13(2)16(14-7-5-4-6-8-14)12-18-10-9-15(11-18)17(19)20-3/h4-8,13,15-16H,9-12H2,1-3H3/t15-,16+/m0/s1. The highest BCUT2D eigenvalue weighted by atomic mass is 16.5. The highest BCUT2D eigenvalue weighted by Crippen LogP contribution is 2.28. The molecule has 1 aromatic rings. The van der Waals surface area contributed by atoms with Crippen LogP contribution in [0.25, 0.3) is 0 Å². The number of nitrogens with zero attached hydrogens (tertiary/aromatic N) is 1. The number of esters is 1. The van der Waals surface area contributed by atoms with Gasteiger partial charge in [0.05, 0.1) is 13.0 Å². The van der Waals surface area contributed by atoms with Crippen LogP contribution in [0, 0.1) is 11.8 Å². The molecule has 0 aliphatic carbocycles. The number of hydrogen-bond donors (Lipinski definition) is 0. The number of hydrogen-bond acceptors (Lipinski definition) is 3. The monoisotopic (exact) mass is 275 g/mol. The van der Waals surface area contributed by atoms with Crippen molar-refractivity contribution in [3.05, 3.63) is 35.9 Å². The average molecular weight is 275 g/mol. The molecule has 3 nitrogen and oxygen atoms in total. The van der Waals surface area contributed by atoms with Crippen LogP contribution < -0.4 is 0 Å². The molecule has 1 heterocycles. The van der Waals surface area contributed by atoms with Crippen LogP contribution in [0.5, 0.6) is 0 Å². The van der Waals surface area contributed by atoms with Gasteiger partial charge in [-0.2, -0.15) is 0 Å². The Bertz CT molecular complexity index is 430. The van der Waals surface area contributed by atoms with Crippen LogP contribution in [0.4, 0.5) is 0 Å². The smallest absolute Gasteiger partial charge is 0.310 e. The lowest BCUT2D eigenvalue weighted by Crippen LogP contribution is -2.30. The summed E-state index contributed by atoms with van der Waals surface area (Å²) in [6.07, 6.45) is 0.923. The second-order valence-corrected chi connectivity index (χ2v) is 6.03. The Balaban J connectivity index is 1.99. The molecule has 0 aromatic heterocycles. The molecule has 1 aliphatic heterocycles. The summed E-state index contributed by atoms with van der Waals surface area (Å²) in [4.78, 5) is 14.0. The second kappa shape index (κ2) is 6.89. The van der Waals surface area contributed by atoms with E-state index >= 15 is 0 Å². The van der Waals surface area contributed by atoms with E-state index in [4.69, 9.17) is 4.74 Å². The van der Waals surface area contributed by atoms with Crippen molar-refractivity contribution in [2.75, 3.05) is 26.7 Å². The van der Waals surface area contributed by atoms with Crippen LogP contribution in [-0.2, 0) is 9.53 Å². The zero-order chi connectivity index (χ0) is 14.5. The molecule has 0 amide bonds. The Morgan fingerprint density at radius 1 is 1.35 bits per heavy atom. The Labute approximate surface area is 121 Å². The first-order chi connectivity index (χ1) is 9.61. The van der Waals surface area contributed by atoms with E-state index in [1.807, 2.05) is 0 Å². The molecule has 0 unspecified atom stereocenters. The maximum atomic E-state index is 11.6. The predicted molar refractivity (Wildman–Crippen MR) is 80.6 cm³/mol. The molecule has 110 valence electrons. The van der Waals surface area contributed by atoms with Gasteiger partial charge < -0.3 is 9.64 Å². The largest absolute Gasteiger partial charge is 0.469 e. The Morgan fingerprint density at radius 2 is 2.05 bits per heavy atom. The minimum Gasteiger partial charge on any atom is -0.469 e. The Kier molecular flexibility index (Phi) is 5.18. The summed E-state index contributed by atoms with van der Waals surface area (Å²) in [5.74, 6) is 1.11. The molecule has 0 bridgehead atoms. The molecule has 1 aliphatic rings. The lowest BCUT2D eigenvalue weighted by Gasteiger charge is -2.27. The van der Waals surface area contributed by atoms with Crippen molar-refractivity contribution in [2.24, 2.45) is 11.8 Å². The molecule has 2 atom stereocenters. The summed E-state index contributed by atoms with van der Waals surface area (Å²) in [5.41, 5.74) is 1.39. The zero-order valence-corrected chi connectivity index (χ0v) is 12.7. The van der Waals surface area contributed by atoms with Gasteiger partial charge in [-0.25, -0.2) is 0 Å². The molecule has 0 spiro atoms. The van der Waals surface area contributed by atoms with E-state index in [9.17, 15) is 4.79 Å². The molecule has 2 rings (SSSR count). The molecule has 0 radical (unpaired) electrons. The molecule has 0 N–H and O–H groups in total. The number of methoxy groups -OCH3 is 1. The number of carbonyl (C=O) groups excluding carboxylic acids is 1. The van der Waals surface area contributed by atoms with Gasteiger partial charge in [0.2, 0.25) is 0 Å². The molecule has 1 saturated heterocycles. The number of rotatable bonds is 5. The van der Waals surface area contributed by atoms with Crippen molar-refractivity contribution in [2.45, 2.75) is 26.2 Å². The molecule has 1 fully saturated rings. The van der Waals surface area contributed by atoms with Gasteiger partial charge in [-0.3, -0.25) is 4.79 Å². The third-order valence-electron chi connectivity index (χ3n) is 4.29. The van der Waals surface area contributed by atoms with Crippen LogP contribution in [0.15, 0.2) is 30.3 Å². The number of likely N-dealkylation sites (tertiary alicyclic amines) is 1. The molecule has 1 aromatic carbocycles. The van der Waals surface area contributed by atoms with Gasteiger partial charge in [-0.15, -0.1) is 0 Å². The summed E-state index contributed by atoms with van der Waals surface area (Å²) in [5, 5.41) is 0. The van der Waals surface area contributed by atoms with Crippen molar-refractivity contribution in [3.8, 4) is 0 Å². The van der Waals surface area contributed by atoms with E-state index < -0.39 is 0 Å². The third-order valence-corrected chi connectivity index (χ3v) is 4.29. The van der Waals surface area contributed by atoms with Gasteiger partial charge in [-0.1, -0.05) is 44.2 Å². The summed E-state index contributed by atoms with van der Waals surface area (Å²) in [6, 6.07) is 10.7. The fraction of sp³-hybridized carbons (Fsp3) is 0.588. The highest BCUT2D eigenvalue weighted by molar-refractivity contribution is 5.72. The Morgan fingerprint density at radius 3 is 2.65 bits per heavy atom. The minimum absolute atomic E-state index is 0.0589. The van der Waals surface area contributed by atoms with Crippen LogP contribution in [0.1, 0.15) is 31.7 Å². The second-order valence-electron chi connectivity index (χ2n) is 6.03. The van der Waals surface area contributed by atoms with Gasteiger partial charge >= 0.3 is 5.97 Å². The molecule has 0 saturated carbocycles. The van der Waals surface area contributed by atoms with Gasteiger partial charge in [0.15, 0.2) is 0 Å². The van der Waals surface area contributed by atoms with Crippen molar-refractivity contribution >= 4 is 5.97 Å². The fourth-order valence-electron chi connectivity index (χ4n) is 3.04. The fourth-order valence-corrected chi connectivity index (χ4v) is 3.04. The van der Waals surface area contributed by atoms with E-state index in [0.29, 0.717) is 11.8 Å². The van der Waals surface area contributed by atoms with Crippen LogP contribution in [0.3, 0.4) is 0 Å². The summed E-state index contributed by atoms with van der Waals surface area (Å²) in [7, 11) is 1.48. The first kappa shape index (κ1) is 15.0. The summed E-state index contributed by atoms with van der Waals surface area (Å²) >= 11 is 0. The van der Waals surface area contributed by atoms with E-state index in [1.54, 1.807) is 0 Å². The normalized spacial score (nSPS) is 21.1. The predicted octanol–water partition coefficient (Wildman–Crippen LogP) is 2.92. The lowest BCUT2D eigenvalue weighted by molar-refractivity contribution is -0.144. The molecular weight excluding hydrogens is 250 g/mol. The quantitative estimate of drug-likeness (QED) is 0.774. The average Bonchev–Trinajstić information content (AvgIpc) is 2.93. The van der Waals surface area contributed by atoms with Gasteiger partial charge in [0.25, 0.3) is 0 Å². The van der Waals surface area contributed by atoms with E-state index in [-0.39, 0.29) is 11.9 Å². The van der Waals surface area contributed by atoms with Crippen molar-refractivity contribution < 1.29 is 9.53 Å². The Hall–Kier alpha value is -1.35. The van der Waals surface area contributed by atoms with E-state index in [0.717, 1.165) is 26.1 Å². The number of carbonyl (C=O) groups is 1. The van der Waals surface area contributed by atoms with Gasteiger partial charge in [-0.05, 0) is 30.4 Å². The first-order valence-electron chi connectivity index (χ1n) is 7.47.